The standard InChI is InChI=1S/C41H56N4O3/c1-6-7-26-44-37-22-10-9-19-36(37)40(32-17-15-18-33(28-32)48-27-14-13-25-43-23-11-8-12-24-43)45(41(44)47)29-38(46)42-39-34(30(2)3)20-16-21-35(39)31(4)5/h9-10,15-22,28,30-31,40H,6-8,11-14,23-27,29H2,1-5H3,(H,42,46). The zero-order valence-corrected chi connectivity index (χ0v) is 29.8. The van der Waals surface area contributed by atoms with Crippen LogP contribution in [0, 0.1) is 0 Å². The lowest BCUT2D eigenvalue weighted by atomic mass is 9.92. The van der Waals surface area contributed by atoms with Crippen molar-refractivity contribution in [2.24, 2.45) is 0 Å². The van der Waals surface area contributed by atoms with Crippen LogP contribution in [-0.2, 0) is 4.79 Å². The molecule has 7 heteroatoms. The number of nitrogens with zero attached hydrogens (tertiary/aromatic N) is 3. The summed E-state index contributed by atoms with van der Waals surface area (Å²) >= 11 is 0. The van der Waals surface area contributed by atoms with E-state index in [1.165, 1.54) is 32.4 Å². The van der Waals surface area contributed by atoms with Crippen LogP contribution in [0.4, 0.5) is 16.2 Å². The van der Waals surface area contributed by atoms with Gasteiger partial charge in [-0.05, 0) is 98.5 Å². The second kappa shape index (κ2) is 17.0. The molecule has 0 spiro atoms. The maximum atomic E-state index is 14.4. The van der Waals surface area contributed by atoms with Crippen LogP contribution >= 0.6 is 0 Å². The minimum Gasteiger partial charge on any atom is -0.494 e. The summed E-state index contributed by atoms with van der Waals surface area (Å²) in [6, 6.07) is 21.9. The van der Waals surface area contributed by atoms with Crippen LogP contribution in [0.5, 0.6) is 5.75 Å². The Balaban J connectivity index is 1.40. The van der Waals surface area contributed by atoms with Gasteiger partial charge in [-0.3, -0.25) is 9.69 Å². The van der Waals surface area contributed by atoms with E-state index in [1.807, 2.05) is 35.2 Å². The van der Waals surface area contributed by atoms with E-state index in [-0.39, 0.29) is 30.3 Å². The molecule has 0 saturated carbocycles. The molecule has 3 aromatic rings. The number of piperidine rings is 1. The molecule has 48 heavy (non-hydrogen) atoms. The Morgan fingerprint density at radius 3 is 2.27 bits per heavy atom. The summed E-state index contributed by atoms with van der Waals surface area (Å²) in [6.07, 6.45) is 7.96. The van der Waals surface area contributed by atoms with E-state index >= 15 is 0 Å². The van der Waals surface area contributed by atoms with Crippen molar-refractivity contribution in [1.29, 1.82) is 0 Å². The van der Waals surface area contributed by atoms with E-state index in [0.717, 1.165) is 71.6 Å². The summed E-state index contributed by atoms with van der Waals surface area (Å²) in [5.74, 6) is 1.08. The van der Waals surface area contributed by atoms with Gasteiger partial charge in [0.2, 0.25) is 5.91 Å². The number of carbonyl (C=O) groups is 2. The third kappa shape index (κ3) is 8.59. The van der Waals surface area contributed by atoms with E-state index < -0.39 is 6.04 Å². The van der Waals surface area contributed by atoms with Gasteiger partial charge < -0.3 is 19.9 Å². The third-order valence-electron chi connectivity index (χ3n) is 9.76. The Bertz CT molecular complexity index is 1490. The second-order valence-corrected chi connectivity index (χ2v) is 14.1. The average molecular weight is 653 g/mol. The van der Waals surface area contributed by atoms with E-state index in [0.29, 0.717) is 13.2 Å². The van der Waals surface area contributed by atoms with E-state index in [4.69, 9.17) is 4.74 Å². The van der Waals surface area contributed by atoms with Gasteiger partial charge in [0.05, 0.1) is 18.3 Å². The van der Waals surface area contributed by atoms with Crippen molar-refractivity contribution in [3.63, 3.8) is 0 Å². The zero-order chi connectivity index (χ0) is 34.0. The molecule has 1 unspecified atom stereocenters. The number of rotatable bonds is 15. The highest BCUT2D eigenvalue weighted by atomic mass is 16.5. The lowest BCUT2D eigenvalue weighted by Gasteiger charge is -2.42. The fraction of sp³-hybridized carbons (Fsp3) is 0.512. The maximum Gasteiger partial charge on any atom is 0.325 e. The first kappa shape index (κ1) is 35.5. The van der Waals surface area contributed by atoms with Crippen molar-refractivity contribution in [3.8, 4) is 5.75 Å². The van der Waals surface area contributed by atoms with Gasteiger partial charge in [0.15, 0.2) is 0 Å². The number of ether oxygens (including phenoxy) is 1. The van der Waals surface area contributed by atoms with Gasteiger partial charge in [0.25, 0.3) is 0 Å². The van der Waals surface area contributed by atoms with Gasteiger partial charge in [-0.15, -0.1) is 0 Å². The molecule has 1 N–H and O–H groups in total. The summed E-state index contributed by atoms with van der Waals surface area (Å²) < 4.78 is 6.27. The van der Waals surface area contributed by atoms with E-state index in [1.54, 1.807) is 4.90 Å². The monoisotopic (exact) mass is 652 g/mol. The fourth-order valence-electron chi connectivity index (χ4n) is 7.17. The highest BCUT2D eigenvalue weighted by Gasteiger charge is 2.39. The number of hydrogen-bond acceptors (Lipinski definition) is 4. The quantitative estimate of drug-likeness (QED) is 0.166. The Morgan fingerprint density at radius 1 is 0.854 bits per heavy atom. The number of nitrogens with one attached hydrogen (secondary N) is 1. The van der Waals surface area contributed by atoms with Crippen LogP contribution in [0.2, 0.25) is 0 Å². The number of anilines is 2. The molecule has 5 rings (SSSR count). The first-order valence-electron chi connectivity index (χ1n) is 18.3. The van der Waals surface area contributed by atoms with Crippen LogP contribution in [0.15, 0.2) is 66.7 Å². The molecule has 7 nitrogen and oxygen atoms in total. The summed E-state index contributed by atoms with van der Waals surface area (Å²) in [4.78, 5) is 34.6. The number of unbranched alkanes of at least 4 members (excludes halogenated alkanes) is 2. The van der Waals surface area contributed by atoms with Gasteiger partial charge >= 0.3 is 6.03 Å². The molecule has 258 valence electrons. The van der Waals surface area contributed by atoms with Gasteiger partial charge in [0.1, 0.15) is 12.3 Å². The summed E-state index contributed by atoms with van der Waals surface area (Å²) in [5.41, 5.74) is 5.94. The first-order valence-corrected chi connectivity index (χ1v) is 18.3. The van der Waals surface area contributed by atoms with Crippen molar-refractivity contribution in [2.75, 3.05) is 49.5 Å². The summed E-state index contributed by atoms with van der Waals surface area (Å²) in [5, 5.41) is 3.26. The van der Waals surface area contributed by atoms with Crippen LogP contribution < -0.4 is 15.0 Å². The third-order valence-corrected chi connectivity index (χ3v) is 9.76. The van der Waals surface area contributed by atoms with E-state index in [9.17, 15) is 9.59 Å². The van der Waals surface area contributed by atoms with Crippen molar-refractivity contribution in [3.05, 3.63) is 89.0 Å². The number of likely N-dealkylation sites (tertiary alicyclic amines) is 1. The number of benzene rings is 3. The second-order valence-electron chi connectivity index (χ2n) is 14.1. The average Bonchev–Trinajstić information content (AvgIpc) is 3.08. The largest absolute Gasteiger partial charge is 0.494 e. The van der Waals surface area contributed by atoms with Gasteiger partial charge in [-0.25, -0.2) is 4.79 Å². The molecule has 3 aromatic carbocycles. The van der Waals surface area contributed by atoms with Crippen LogP contribution in [0.25, 0.3) is 0 Å². The summed E-state index contributed by atoms with van der Waals surface area (Å²) in [6.45, 7) is 15.5. The van der Waals surface area contributed by atoms with Gasteiger partial charge in [-0.2, -0.15) is 0 Å². The molecule has 0 aromatic heterocycles. The number of hydrogen-bond donors (Lipinski definition) is 1. The Labute approximate surface area is 288 Å². The normalized spacial score (nSPS) is 16.8. The maximum absolute atomic E-state index is 14.4. The SMILES string of the molecule is CCCCN1C(=O)N(CC(=O)Nc2c(C(C)C)cccc2C(C)C)C(c2cccc(OCCCCN3CCCCC3)c2)c2ccccc21. The molecule has 2 aliphatic heterocycles. The van der Waals surface area contributed by atoms with E-state index in [2.05, 4.69) is 81.2 Å². The summed E-state index contributed by atoms with van der Waals surface area (Å²) in [7, 11) is 0. The van der Waals surface area contributed by atoms with Crippen molar-refractivity contribution in [2.45, 2.75) is 97.4 Å². The molecule has 0 radical (unpaired) electrons. The van der Waals surface area contributed by atoms with Crippen LogP contribution in [-0.4, -0.2) is 61.1 Å². The van der Waals surface area contributed by atoms with Crippen molar-refractivity contribution in [1.82, 2.24) is 9.80 Å². The van der Waals surface area contributed by atoms with Gasteiger partial charge in [-0.1, -0.05) is 96.0 Å². The number of amides is 3. The minimum absolute atomic E-state index is 0.0635. The molecule has 2 heterocycles. The molecule has 3 amide bonds. The smallest absolute Gasteiger partial charge is 0.325 e. The molecule has 2 aliphatic rings. The number of urea groups is 1. The first-order chi connectivity index (χ1) is 23.3. The number of carbonyl (C=O) groups excluding carboxylic acids is 2. The Hall–Kier alpha value is -3.84. The predicted molar refractivity (Wildman–Crippen MR) is 197 cm³/mol. The Morgan fingerprint density at radius 2 is 1.56 bits per heavy atom. The van der Waals surface area contributed by atoms with Crippen molar-refractivity contribution < 1.29 is 14.3 Å². The fourth-order valence-corrected chi connectivity index (χ4v) is 7.17. The molecule has 0 bridgehead atoms. The number of fused-ring (bicyclic) bond motifs is 1. The number of para-hydroxylation sites is 2. The molecule has 1 fully saturated rings. The Kier molecular flexibility index (Phi) is 12.6. The molecular formula is C41H56N4O3. The topological polar surface area (TPSA) is 65.1 Å². The zero-order valence-electron chi connectivity index (χ0n) is 29.8. The van der Waals surface area contributed by atoms with Crippen LogP contribution in [0.3, 0.4) is 0 Å². The molecule has 1 atom stereocenters. The highest BCUT2D eigenvalue weighted by molar-refractivity contribution is 6.01. The lowest BCUT2D eigenvalue weighted by molar-refractivity contribution is -0.117. The highest BCUT2D eigenvalue weighted by Crippen LogP contribution is 2.41. The predicted octanol–water partition coefficient (Wildman–Crippen LogP) is 9.35. The molecule has 1 saturated heterocycles. The molecular weight excluding hydrogens is 596 g/mol. The minimum atomic E-state index is -0.426. The lowest BCUT2D eigenvalue weighted by Crippen LogP contribution is -2.52. The van der Waals surface area contributed by atoms with Crippen LogP contribution in [0.1, 0.15) is 120 Å². The molecule has 0 aliphatic carbocycles. The van der Waals surface area contributed by atoms with Crippen molar-refractivity contribution >= 4 is 23.3 Å². The van der Waals surface area contributed by atoms with Gasteiger partial charge in [0, 0.05) is 17.8 Å².